The third-order valence-electron chi connectivity index (χ3n) is 2.24. The maximum absolute atomic E-state index is 5.88. The lowest BCUT2D eigenvalue weighted by atomic mass is 9.83. The molecule has 0 bridgehead atoms. The monoisotopic (exact) mass is 188 g/mol. The van der Waals surface area contributed by atoms with E-state index in [0.717, 1.165) is 13.0 Å². The highest BCUT2D eigenvalue weighted by Crippen LogP contribution is 2.25. The third kappa shape index (κ3) is 9.84. The second kappa shape index (κ2) is 8.52. The first kappa shape index (κ1) is 15.4. The Balaban J connectivity index is 0. The van der Waals surface area contributed by atoms with Crippen molar-refractivity contribution in [2.75, 3.05) is 13.6 Å². The molecule has 0 aliphatic carbocycles. The van der Waals surface area contributed by atoms with Gasteiger partial charge < -0.3 is 11.1 Å². The highest BCUT2D eigenvalue weighted by Gasteiger charge is 2.18. The first-order valence-corrected chi connectivity index (χ1v) is 5.42. The Morgan fingerprint density at radius 3 is 2.08 bits per heavy atom. The Bertz CT molecular complexity index is 100. The van der Waals surface area contributed by atoms with Crippen LogP contribution in [-0.4, -0.2) is 19.6 Å². The van der Waals surface area contributed by atoms with Crippen LogP contribution in [0.3, 0.4) is 0 Å². The molecular weight excluding hydrogens is 160 g/mol. The molecule has 0 radical (unpaired) electrons. The molecule has 0 amide bonds. The van der Waals surface area contributed by atoms with Gasteiger partial charge in [0.05, 0.1) is 0 Å². The lowest BCUT2D eigenvalue weighted by Crippen LogP contribution is -2.35. The minimum Gasteiger partial charge on any atom is -0.327 e. The zero-order valence-electron chi connectivity index (χ0n) is 10.3. The van der Waals surface area contributed by atoms with Gasteiger partial charge in [-0.1, -0.05) is 41.0 Å². The fourth-order valence-electron chi connectivity index (χ4n) is 1.19. The van der Waals surface area contributed by atoms with Crippen LogP contribution >= 0.6 is 0 Å². The smallest absolute Gasteiger partial charge is 0.0170 e. The number of nitrogens with two attached hydrogens (primary N) is 1. The Kier molecular flexibility index (Phi) is 10.1. The molecule has 0 spiro atoms. The zero-order valence-corrected chi connectivity index (χ0v) is 10.3. The van der Waals surface area contributed by atoms with Crippen molar-refractivity contribution in [1.29, 1.82) is 0 Å². The van der Waals surface area contributed by atoms with Gasteiger partial charge in [0.15, 0.2) is 0 Å². The molecular formula is C11H28N2. The van der Waals surface area contributed by atoms with Gasteiger partial charge in [-0.05, 0) is 18.9 Å². The molecule has 0 aromatic carbocycles. The van der Waals surface area contributed by atoms with Crippen molar-refractivity contribution in [2.45, 2.75) is 53.5 Å². The van der Waals surface area contributed by atoms with Crippen molar-refractivity contribution in [2.24, 2.45) is 11.1 Å². The van der Waals surface area contributed by atoms with E-state index in [2.05, 4.69) is 26.1 Å². The van der Waals surface area contributed by atoms with Crippen molar-refractivity contribution >= 4 is 0 Å². The number of nitrogens with one attached hydrogen (secondary N) is 1. The van der Waals surface area contributed by atoms with Crippen LogP contribution in [0.4, 0.5) is 0 Å². The van der Waals surface area contributed by atoms with Crippen LogP contribution in [0.5, 0.6) is 0 Å². The number of hydrogen-bond acceptors (Lipinski definition) is 2. The van der Waals surface area contributed by atoms with Gasteiger partial charge in [0.2, 0.25) is 0 Å². The lowest BCUT2D eigenvalue weighted by Gasteiger charge is -2.26. The fraction of sp³-hybridized carbons (Fsp3) is 1.00. The summed E-state index contributed by atoms with van der Waals surface area (Å²) in [6.45, 7) is 11.7. The summed E-state index contributed by atoms with van der Waals surface area (Å²) < 4.78 is 0. The van der Waals surface area contributed by atoms with E-state index in [9.17, 15) is 0 Å². The summed E-state index contributed by atoms with van der Waals surface area (Å²) in [6, 6.07) is 0.301. The van der Waals surface area contributed by atoms with E-state index in [1.54, 1.807) is 0 Å². The van der Waals surface area contributed by atoms with Crippen LogP contribution < -0.4 is 11.1 Å². The van der Waals surface area contributed by atoms with Crippen LogP contribution in [0.2, 0.25) is 0 Å². The number of likely N-dealkylation sites (N-methyl/N-ethyl adjacent to an activating group) is 1. The molecule has 1 unspecified atom stereocenters. The van der Waals surface area contributed by atoms with Crippen LogP contribution in [0.15, 0.2) is 0 Å². The van der Waals surface area contributed by atoms with E-state index < -0.39 is 0 Å². The molecule has 2 heteroatoms. The average molecular weight is 188 g/mol. The standard InChI is InChI=1S/C9H22N2.C2H6/c1-5-9(2,3)6-8(10)7-11-4;1-2/h8,11H,5-7,10H2,1-4H3;1-2H3. The summed E-state index contributed by atoms with van der Waals surface area (Å²) in [7, 11) is 1.94. The molecule has 0 aliphatic heterocycles. The highest BCUT2D eigenvalue weighted by molar-refractivity contribution is 4.75. The first-order valence-electron chi connectivity index (χ1n) is 5.42. The molecule has 13 heavy (non-hydrogen) atoms. The van der Waals surface area contributed by atoms with Crippen LogP contribution in [0.1, 0.15) is 47.5 Å². The molecule has 0 saturated heterocycles. The van der Waals surface area contributed by atoms with Gasteiger partial charge in [0, 0.05) is 12.6 Å². The van der Waals surface area contributed by atoms with E-state index in [0.29, 0.717) is 11.5 Å². The van der Waals surface area contributed by atoms with Crippen molar-refractivity contribution in [3.8, 4) is 0 Å². The molecule has 82 valence electrons. The fourth-order valence-corrected chi connectivity index (χ4v) is 1.19. The summed E-state index contributed by atoms with van der Waals surface area (Å²) in [5, 5.41) is 3.09. The largest absolute Gasteiger partial charge is 0.327 e. The molecule has 0 aromatic heterocycles. The minimum absolute atomic E-state index is 0.301. The van der Waals surface area contributed by atoms with Gasteiger partial charge in [-0.25, -0.2) is 0 Å². The minimum atomic E-state index is 0.301. The predicted octanol–water partition coefficient (Wildman–Crippen LogP) is 2.39. The molecule has 0 rings (SSSR count). The van der Waals surface area contributed by atoms with Gasteiger partial charge in [-0.2, -0.15) is 0 Å². The van der Waals surface area contributed by atoms with E-state index in [1.807, 2.05) is 20.9 Å². The molecule has 0 aliphatic rings. The van der Waals surface area contributed by atoms with Crippen LogP contribution in [0.25, 0.3) is 0 Å². The van der Waals surface area contributed by atoms with Gasteiger partial charge >= 0.3 is 0 Å². The highest BCUT2D eigenvalue weighted by atomic mass is 14.9. The molecule has 2 nitrogen and oxygen atoms in total. The first-order chi connectivity index (χ1) is 6.02. The number of hydrogen-bond donors (Lipinski definition) is 2. The third-order valence-corrected chi connectivity index (χ3v) is 2.24. The zero-order chi connectivity index (χ0) is 10.9. The maximum atomic E-state index is 5.88. The van der Waals surface area contributed by atoms with Crippen molar-refractivity contribution in [3.05, 3.63) is 0 Å². The summed E-state index contributed by atoms with van der Waals surface area (Å²) in [5.74, 6) is 0. The summed E-state index contributed by atoms with van der Waals surface area (Å²) in [6.07, 6.45) is 2.30. The Morgan fingerprint density at radius 1 is 1.31 bits per heavy atom. The average Bonchev–Trinajstić information content (AvgIpc) is 2.08. The Labute approximate surface area is 84.3 Å². The van der Waals surface area contributed by atoms with Crippen LogP contribution in [0, 0.1) is 5.41 Å². The Hall–Kier alpha value is -0.0800. The number of rotatable bonds is 5. The quantitative estimate of drug-likeness (QED) is 0.695. The second-order valence-electron chi connectivity index (χ2n) is 4.04. The maximum Gasteiger partial charge on any atom is 0.0170 e. The van der Waals surface area contributed by atoms with Gasteiger partial charge in [-0.3, -0.25) is 0 Å². The molecule has 0 aromatic rings. The normalized spacial score (nSPS) is 13.2. The van der Waals surface area contributed by atoms with E-state index in [-0.39, 0.29) is 0 Å². The Morgan fingerprint density at radius 2 is 1.77 bits per heavy atom. The van der Waals surface area contributed by atoms with Gasteiger partial charge in [0.1, 0.15) is 0 Å². The van der Waals surface area contributed by atoms with Crippen molar-refractivity contribution in [3.63, 3.8) is 0 Å². The van der Waals surface area contributed by atoms with E-state index in [1.165, 1.54) is 6.42 Å². The van der Waals surface area contributed by atoms with E-state index >= 15 is 0 Å². The molecule has 3 N–H and O–H groups in total. The lowest BCUT2D eigenvalue weighted by molar-refractivity contribution is 0.291. The van der Waals surface area contributed by atoms with E-state index in [4.69, 9.17) is 5.73 Å². The van der Waals surface area contributed by atoms with Crippen LogP contribution in [-0.2, 0) is 0 Å². The van der Waals surface area contributed by atoms with Crippen molar-refractivity contribution < 1.29 is 0 Å². The summed E-state index contributed by atoms with van der Waals surface area (Å²) in [5.41, 5.74) is 6.28. The summed E-state index contributed by atoms with van der Waals surface area (Å²) in [4.78, 5) is 0. The SMILES string of the molecule is CC.CCC(C)(C)CC(N)CNC. The molecule has 0 saturated carbocycles. The predicted molar refractivity (Wildman–Crippen MR) is 61.9 cm³/mol. The summed E-state index contributed by atoms with van der Waals surface area (Å²) >= 11 is 0. The molecule has 0 heterocycles. The topological polar surface area (TPSA) is 38.0 Å². The molecule has 0 fully saturated rings. The van der Waals surface area contributed by atoms with Gasteiger partial charge in [-0.15, -0.1) is 0 Å². The molecule has 1 atom stereocenters. The second-order valence-corrected chi connectivity index (χ2v) is 4.04. The van der Waals surface area contributed by atoms with Crippen molar-refractivity contribution in [1.82, 2.24) is 5.32 Å². The van der Waals surface area contributed by atoms with Gasteiger partial charge in [0.25, 0.3) is 0 Å².